The number of benzene rings is 2. The van der Waals surface area contributed by atoms with Crippen molar-refractivity contribution in [2.45, 2.75) is 40.3 Å². The lowest BCUT2D eigenvalue weighted by Crippen LogP contribution is -2.33. The predicted molar refractivity (Wildman–Crippen MR) is 111 cm³/mol. The van der Waals surface area contributed by atoms with Crippen LogP contribution in [0.25, 0.3) is 0 Å². The Kier molecular flexibility index (Phi) is 5.82. The van der Waals surface area contributed by atoms with E-state index in [1.165, 1.54) is 0 Å². The summed E-state index contributed by atoms with van der Waals surface area (Å²) in [6, 6.07) is 13.5. The van der Waals surface area contributed by atoms with Crippen LogP contribution < -0.4 is 5.32 Å². The molecule has 150 valence electrons. The number of hydrogen-bond acceptors (Lipinski definition) is 3. The van der Waals surface area contributed by atoms with Crippen molar-refractivity contribution >= 4 is 11.9 Å². The molecule has 6 nitrogen and oxygen atoms in total. The zero-order chi connectivity index (χ0) is 21.1. The number of aromatic nitrogens is 2. The Balaban J connectivity index is 1.80. The van der Waals surface area contributed by atoms with Gasteiger partial charge in [0, 0.05) is 11.3 Å². The monoisotopic (exact) mass is 391 g/mol. The summed E-state index contributed by atoms with van der Waals surface area (Å²) in [5.74, 6) is -1.52. The lowest BCUT2D eigenvalue weighted by molar-refractivity contribution is -0.139. The second-order valence-electron chi connectivity index (χ2n) is 7.37. The normalized spacial score (nSPS) is 11.9. The molecular weight excluding hydrogens is 366 g/mol. The quantitative estimate of drug-likeness (QED) is 0.671. The van der Waals surface area contributed by atoms with Crippen LogP contribution in [0.3, 0.4) is 0 Å². The first-order valence-electron chi connectivity index (χ1n) is 9.45. The highest BCUT2D eigenvalue weighted by Crippen LogP contribution is 2.19. The van der Waals surface area contributed by atoms with Gasteiger partial charge in [-0.2, -0.15) is 5.10 Å². The molecule has 1 unspecified atom stereocenters. The van der Waals surface area contributed by atoms with Gasteiger partial charge in [-0.1, -0.05) is 30.3 Å². The van der Waals surface area contributed by atoms with Gasteiger partial charge in [0.25, 0.3) is 5.91 Å². The predicted octanol–water partition coefficient (Wildman–Crippen LogP) is 3.72. The van der Waals surface area contributed by atoms with E-state index >= 15 is 0 Å². The summed E-state index contributed by atoms with van der Waals surface area (Å²) < 4.78 is 1.88. The van der Waals surface area contributed by atoms with Crippen molar-refractivity contribution in [1.29, 1.82) is 0 Å². The van der Waals surface area contributed by atoms with Crippen LogP contribution in [0.5, 0.6) is 0 Å². The number of aliphatic carboxylic acids is 1. The summed E-state index contributed by atoms with van der Waals surface area (Å²) in [7, 11) is 0. The van der Waals surface area contributed by atoms with Crippen LogP contribution in [0, 0.1) is 27.7 Å². The lowest BCUT2D eigenvalue weighted by atomic mass is 10.0. The van der Waals surface area contributed by atoms with E-state index in [2.05, 4.69) is 10.4 Å². The summed E-state index contributed by atoms with van der Waals surface area (Å²) in [6.07, 6.45) is 0. The van der Waals surface area contributed by atoms with Gasteiger partial charge in [0.05, 0.1) is 12.2 Å². The minimum Gasteiger partial charge on any atom is -0.479 e. The topological polar surface area (TPSA) is 84.2 Å². The third-order valence-corrected chi connectivity index (χ3v) is 5.01. The molecule has 3 rings (SSSR count). The molecule has 6 heteroatoms. The van der Waals surface area contributed by atoms with Gasteiger partial charge in [-0.15, -0.1) is 0 Å². The molecule has 1 aromatic heterocycles. The number of amides is 1. The number of carbonyl (C=O) groups is 2. The van der Waals surface area contributed by atoms with Crippen LogP contribution in [0.1, 0.15) is 50.0 Å². The summed E-state index contributed by atoms with van der Waals surface area (Å²) in [5, 5.41) is 16.7. The standard InChI is InChI=1S/C23H25N3O3/c1-14-8-9-19(10-15(14)2)21(23(28)29)24-22(27)20-7-5-6-18(12-20)13-26-17(4)11-16(3)25-26/h5-12,21H,13H2,1-4H3,(H,24,27)(H,28,29). The fourth-order valence-electron chi connectivity index (χ4n) is 3.27. The average Bonchev–Trinajstić information content (AvgIpc) is 2.98. The zero-order valence-electron chi connectivity index (χ0n) is 17.1. The molecule has 0 saturated carbocycles. The van der Waals surface area contributed by atoms with E-state index in [9.17, 15) is 14.7 Å². The van der Waals surface area contributed by atoms with Gasteiger partial charge < -0.3 is 10.4 Å². The zero-order valence-corrected chi connectivity index (χ0v) is 17.1. The number of carbonyl (C=O) groups excluding carboxylic acids is 1. The van der Waals surface area contributed by atoms with E-state index in [1.54, 1.807) is 30.3 Å². The molecule has 2 N–H and O–H groups in total. The Morgan fingerprint density at radius 3 is 2.41 bits per heavy atom. The number of hydrogen-bond donors (Lipinski definition) is 2. The van der Waals surface area contributed by atoms with Crippen molar-refractivity contribution in [2.24, 2.45) is 0 Å². The molecule has 1 heterocycles. The van der Waals surface area contributed by atoms with E-state index in [0.717, 1.165) is 28.1 Å². The molecule has 3 aromatic rings. The molecule has 0 radical (unpaired) electrons. The van der Waals surface area contributed by atoms with E-state index in [0.29, 0.717) is 17.7 Å². The van der Waals surface area contributed by atoms with Crippen molar-refractivity contribution in [3.63, 3.8) is 0 Å². The molecule has 0 aliphatic carbocycles. The second-order valence-corrected chi connectivity index (χ2v) is 7.37. The molecule has 0 aliphatic heterocycles. The minimum absolute atomic E-state index is 0.416. The third-order valence-electron chi connectivity index (χ3n) is 5.01. The van der Waals surface area contributed by atoms with Crippen molar-refractivity contribution in [3.8, 4) is 0 Å². The smallest absolute Gasteiger partial charge is 0.330 e. The van der Waals surface area contributed by atoms with Gasteiger partial charge in [0.1, 0.15) is 0 Å². The maximum absolute atomic E-state index is 12.8. The summed E-state index contributed by atoms with van der Waals surface area (Å²) in [5.41, 5.74) is 5.91. The molecule has 1 atom stereocenters. The summed E-state index contributed by atoms with van der Waals surface area (Å²) in [4.78, 5) is 24.5. The summed E-state index contributed by atoms with van der Waals surface area (Å²) >= 11 is 0. The van der Waals surface area contributed by atoms with Crippen LogP contribution in [-0.2, 0) is 11.3 Å². The highest BCUT2D eigenvalue weighted by Gasteiger charge is 2.23. The molecule has 29 heavy (non-hydrogen) atoms. The van der Waals surface area contributed by atoms with Crippen LogP contribution in [0.2, 0.25) is 0 Å². The van der Waals surface area contributed by atoms with Crippen molar-refractivity contribution in [1.82, 2.24) is 15.1 Å². The van der Waals surface area contributed by atoms with Gasteiger partial charge in [0.15, 0.2) is 6.04 Å². The van der Waals surface area contributed by atoms with Crippen LogP contribution >= 0.6 is 0 Å². The maximum atomic E-state index is 12.8. The van der Waals surface area contributed by atoms with Crippen LogP contribution in [-0.4, -0.2) is 26.8 Å². The Bertz CT molecular complexity index is 1070. The van der Waals surface area contributed by atoms with Crippen LogP contribution in [0.4, 0.5) is 0 Å². The SMILES string of the molecule is Cc1cc(C)n(Cc2cccc(C(=O)NC(C(=O)O)c3ccc(C)c(C)c3)c2)n1. The second kappa shape index (κ2) is 8.31. The number of rotatable bonds is 6. The Hall–Kier alpha value is -3.41. The van der Waals surface area contributed by atoms with Gasteiger partial charge in [-0.3, -0.25) is 9.48 Å². The maximum Gasteiger partial charge on any atom is 0.330 e. The lowest BCUT2D eigenvalue weighted by Gasteiger charge is -2.16. The van der Waals surface area contributed by atoms with Gasteiger partial charge in [-0.25, -0.2) is 4.79 Å². The molecular formula is C23H25N3O3. The first kappa shape index (κ1) is 20.3. The molecule has 2 aromatic carbocycles. The van der Waals surface area contributed by atoms with E-state index < -0.39 is 17.9 Å². The highest BCUT2D eigenvalue weighted by molar-refractivity contribution is 5.97. The molecule has 0 saturated heterocycles. The minimum atomic E-state index is -1.11. The fourth-order valence-corrected chi connectivity index (χ4v) is 3.27. The molecule has 0 aliphatic rings. The number of nitrogens with zero attached hydrogens (tertiary/aromatic N) is 2. The first-order valence-corrected chi connectivity index (χ1v) is 9.45. The number of aryl methyl sites for hydroxylation is 4. The van der Waals surface area contributed by atoms with Crippen LogP contribution in [0.15, 0.2) is 48.5 Å². The van der Waals surface area contributed by atoms with Gasteiger partial charge in [-0.05, 0) is 68.1 Å². The van der Waals surface area contributed by atoms with E-state index in [-0.39, 0.29) is 0 Å². The number of nitrogens with one attached hydrogen (secondary N) is 1. The average molecular weight is 391 g/mol. The number of carboxylic acid groups (broad SMARTS) is 1. The van der Waals surface area contributed by atoms with Gasteiger partial charge in [0.2, 0.25) is 0 Å². The molecule has 0 fully saturated rings. The Morgan fingerprint density at radius 2 is 1.79 bits per heavy atom. The molecule has 0 bridgehead atoms. The highest BCUT2D eigenvalue weighted by atomic mass is 16.4. The Labute approximate surface area is 170 Å². The summed E-state index contributed by atoms with van der Waals surface area (Å²) in [6.45, 7) is 8.34. The van der Waals surface area contributed by atoms with E-state index in [1.807, 2.05) is 50.6 Å². The van der Waals surface area contributed by atoms with Crippen molar-refractivity contribution in [2.75, 3.05) is 0 Å². The fraction of sp³-hybridized carbons (Fsp3) is 0.261. The van der Waals surface area contributed by atoms with E-state index in [4.69, 9.17) is 0 Å². The van der Waals surface area contributed by atoms with Gasteiger partial charge >= 0.3 is 5.97 Å². The molecule has 1 amide bonds. The van der Waals surface area contributed by atoms with Crippen molar-refractivity contribution < 1.29 is 14.7 Å². The third kappa shape index (κ3) is 4.71. The Morgan fingerprint density at radius 1 is 1.03 bits per heavy atom. The number of carboxylic acids is 1. The van der Waals surface area contributed by atoms with Crippen molar-refractivity contribution in [3.05, 3.63) is 87.7 Å². The molecule has 0 spiro atoms. The first-order chi connectivity index (χ1) is 13.7. The largest absolute Gasteiger partial charge is 0.479 e.